The third-order valence-electron chi connectivity index (χ3n) is 4.31. The van der Waals surface area contributed by atoms with E-state index in [4.69, 9.17) is 0 Å². The molecule has 8 heteroatoms. The molecule has 1 amide bonds. The first kappa shape index (κ1) is 17.8. The van der Waals surface area contributed by atoms with E-state index in [2.05, 4.69) is 5.32 Å². The van der Waals surface area contributed by atoms with Gasteiger partial charge in [-0.25, -0.2) is 8.78 Å². The Bertz CT molecular complexity index is 852. The Morgan fingerprint density at radius 3 is 2.42 bits per heavy atom. The third kappa shape index (κ3) is 3.79. The van der Waals surface area contributed by atoms with Crippen LogP contribution in [-0.4, -0.2) is 23.9 Å². The highest BCUT2D eigenvalue weighted by molar-refractivity contribution is 6.08. The predicted octanol–water partition coefficient (Wildman–Crippen LogP) is 4.12. The zero-order valence-corrected chi connectivity index (χ0v) is 13.9. The van der Waals surface area contributed by atoms with E-state index >= 15 is 0 Å². The van der Waals surface area contributed by atoms with Crippen molar-refractivity contribution in [1.82, 2.24) is 0 Å². The van der Waals surface area contributed by atoms with Crippen LogP contribution < -0.4 is 10.2 Å². The molecule has 1 heterocycles. The second-order valence-electron chi connectivity index (χ2n) is 6.09. The number of halogens is 2. The SMILES string of the molecule is O=C(Nc1ccc(F)c(F)c1)c1cc([N+](=O)[O-])ccc1N1CCCCC1. The molecule has 6 nitrogen and oxygen atoms in total. The summed E-state index contributed by atoms with van der Waals surface area (Å²) in [7, 11) is 0. The second kappa shape index (κ2) is 7.47. The average Bonchev–Trinajstić information content (AvgIpc) is 2.65. The maximum Gasteiger partial charge on any atom is 0.270 e. The van der Waals surface area contributed by atoms with Gasteiger partial charge in [-0.05, 0) is 37.5 Å². The number of hydrogen-bond acceptors (Lipinski definition) is 4. The summed E-state index contributed by atoms with van der Waals surface area (Å²) >= 11 is 0. The minimum Gasteiger partial charge on any atom is -0.371 e. The van der Waals surface area contributed by atoms with E-state index in [0.29, 0.717) is 5.69 Å². The van der Waals surface area contributed by atoms with Crippen molar-refractivity contribution in [3.05, 3.63) is 63.7 Å². The minimum atomic E-state index is -1.09. The maximum atomic E-state index is 13.3. The number of hydrogen-bond donors (Lipinski definition) is 1. The number of benzene rings is 2. The lowest BCUT2D eigenvalue weighted by Gasteiger charge is -2.30. The largest absolute Gasteiger partial charge is 0.371 e. The molecule has 3 rings (SSSR count). The summed E-state index contributed by atoms with van der Waals surface area (Å²) < 4.78 is 26.4. The maximum absolute atomic E-state index is 13.3. The molecule has 2 aromatic rings. The molecular formula is C18H17F2N3O3. The zero-order chi connectivity index (χ0) is 18.7. The molecule has 0 aromatic heterocycles. The highest BCUT2D eigenvalue weighted by atomic mass is 19.2. The molecule has 0 atom stereocenters. The Morgan fingerprint density at radius 2 is 1.77 bits per heavy atom. The van der Waals surface area contributed by atoms with Crippen LogP contribution in [0.1, 0.15) is 29.6 Å². The van der Waals surface area contributed by atoms with Crippen LogP contribution in [0.5, 0.6) is 0 Å². The fourth-order valence-corrected chi connectivity index (χ4v) is 3.00. The molecular weight excluding hydrogens is 344 g/mol. The number of non-ortho nitro benzene ring substituents is 1. The lowest BCUT2D eigenvalue weighted by atomic mass is 10.1. The van der Waals surface area contributed by atoms with Gasteiger partial charge in [-0.3, -0.25) is 14.9 Å². The second-order valence-corrected chi connectivity index (χ2v) is 6.09. The number of piperidine rings is 1. The minimum absolute atomic E-state index is 0.0741. The molecule has 136 valence electrons. The molecule has 1 aliphatic rings. The third-order valence-corrected chi connectivity index (χ3v) is 4.31. The molecule has 0 aliphatic carbocycles. The first-order valence-corrected chi connectivity index (χ1v) is 8.25. The summed E-state index contributed by atoms with van der Waals surface area (Å²) in [6, 6.07) is 7.13. The van der Waals surface area contributed by atoms with Gasteiger partial charge in [0.25, 0.3) is 11.6 Å². The Labute approximate surface area is 148 Å². The molecule has 1 aliphatic heterocycles. The van der Waals surface area contributed by atoms with E-state index in [1.165, 1.54) is 18.2 Å². The van der Waals surface area contributed by atoms with Crippen LogP contribution in [0.25, 0.3) is 0 Å². The summed E-state index contributed by atoms with van der Waals surface area (Å²) in [6.45, 7) is 1.51. The summed E-state index contributed by atoms with van der Waals surface area (Å²) in [4.78, 5) is 25.2. The molecule has 2 aromatic carbocycles. The van der Waals surface area contributed by atoms with Crippen LogP contribution in [0.4, 0.5) is 25.8 Å². The number of carbonyl (C=O) groups is 1. The van der Waals surface area contributed by atoms with E-state index in [1.807, 2.05) is 4.90 Å². The van der Waals surface area contributed by atoms with Gasteiger partial charge in [-0.2, -0.15) is 0 Å². The van der Waals surface area contributed by atoms with E-state index in [9.17, 15) is 23.7 Å². The lowest BCUT2D eigenvalue weighted by molar-refractivity contribution is -0.384. The number of rotatable bonds is 4. The molecule has 0 bridgehead atoms. The number of anilines is 2. The molecule has 0 unspecified atom stereocenters. The van der Waals surface area contributed by atoms with Crippen LogP contribution in [-0.2, 0) is 0 Å². The van der Waals surface area contributed by atoms with Crippen molar-refractivity contribution in [2.75, 3.05) is 23.3 Å². The lowest BCUT2D eigenvalue weighted by Crippen LogP contribution is -2.31. The number of amides is 1. The number of nitro groups is 1. The molecule has 0 spiro atoms. The van der Waals surface area contributed by atoms with Crippen molar-refractivity contribution in [3.8, 4) is 0 Å². The van der Waals surface area contributed by atoms with Gasteiger partial charge in [0, 0.05) is 37.0 Å². The van der Waals surface area contributed by atoms with Gasteiger partial charge in [0.05, 0.1) is 16.2 Å². The fraction of sp³-hybridized carbons (Fsp3) is 0.278. The summed E-state index contributed by atoms with van der Waals surface area (Å²) in [5.41, 5.74) is 0.590. The van der Waals surface area contributed by atoms with Crippen LogP contribution in [0, 0.1) is 21.7 Å². The molecule has 1 fully saturated rings. The van der Waals surface area contributed by atoms with Crippen LogP contribution >= 0.6 is 0 Å². The summed E-state index contributed by atoms with van der Waals surface area (Å²) in [6.07, 6.45) is 3.04. The van der Waals surface area contributed by atoms with Crippen molar-refractivity contribution in [2.45, 2.75) is 19.3 Å². The topological polar surface area (TPSA) is 75.5 Å². The zero-order valence-electron chi connectivity index (χ0n) is 13.9. The van der Waals surface area contributed by atoms with Crippen molar-refractivity contribution in [1.29, 1.82) is 0 Å². The van der Waals surface area contributed by atoms with E-state index in [-0.39, 0.29) is 16.9 Å². The summed E-state index contributed by atoms with van der Waals surface area (Å²) in [5, 5.41) is 13.5. The van der Waals surface area contributed by atoms with Gasteiger partial charge in [0.1, 0.15) is 0 Å². The highest BCUT2D eigenvalue weighted by Gasteiger charge is 2.22. The highest BCUT2D eigenvalue weighted by Crippen LogP contribution is 2.29. The van der Waals surface area contributed by atoms with Crippen LogP contribution in [0.2, 0.25) is 0 Å². The monoisotopic (exact) mass is 361 g/mol. The number of nitro benzene ring substituents is 1. The van der Waals surface area contributed by atoms with Crippen LogP contribution in [0.3, 0.4) is 0 Å². The quantitative estimate of drug-likeness (QED) is 0.657. The Morgan fingerprint density at radius 1 is 1.04 bits per heavy atom. The molecule has 26 heavy (non-hydrogen) atoms. The Kier molecular flexibility index (Phi) is 5.11. The van der Waals surface area contributed by atoms with Crippen molar-refractivity contribution in [3.63, 3.8) is 0 Å². The van der Waals surface area contributed by atoms with Gasteiger partial charge in [0.2, 0.25) is 0 Å². The number of nitrogens with one attached hydrogen (secondary N) is 1. The van der Waals surface area contributed by atoms with E-state index < -0.39 is 22.5 Å². The fourth-order valence-electron chi connectivity index (χ4n) is 3.00. The predicted molar refractivity (Wildman–Crippen MR) is 93.5 cm³/mol. The normalized spacial score (nSPS) is 14.2. The molecule has 0 saturated carbocycles. The molecule has 1 saturated heterocycles. The first-order chi connectivity index (χ1) is 12.5. The molecule has 1 N–H and O–H groups in total. The smallest absolute Gasteiger partial charge is 0.270 e. The van der Waals surface area contributed by atoms with Crippen molar-refractivity contribution < 1.29 is 18.5 Å². The Hall–Kier alpha value is -3.03. The van der Waals surface area contributed by atoms with Crippen LogP contribution in [0.15, 0.2) is 36.4 Å². The van der Waals surface area contributed by atoms with Crippen molar-refractivity contribution in [2.24, 2.45) is 0 Å². The number of carbonyl (C=O) groups excluding carboxylic acids is 1. The first-order valence-electron chi connectivity index (χ1n) is 8.25. The molecule has 0 radical (unpaired) electrons. The van der Waals surface area contributed by atoms with Gasteiger partial charge < -0.3 is 10.2 Å². The summed E-state index contributed by atoms with van der Waals surface area (Å²) in [5.74, 6) is -2.72. The van der Waals surface area contributed by atoms with Gasteiger partial charge >= 0.3 is 0 Å². The van der Waals surface area contributed by atoms with Gasteiger partial charge in [-0.15, -0.1) is 0 Å². The Balaban J connectivity index is 1.94. The average molecular weight is 361 g/mol. The van der Waals surface area contributed by atoms with E-state index in [1.54, 1.807) is 6.07 Å². The van der Waals surface area contributed by atoms with E-state index in [0.717, 1.165) is 44.5 Å². The van der Waals surface area contributed by atoms with Crippen molar-refractivity contribution >= 4 is 23.0 Å². The number of nitrogens with zero attached hydrogens (tertiary/aromatic N) is 2. The standard InChI is InChI=1S/C18H17F2N3O3/c19-15-6-4-12(10-16(15)20)21-18(24)14-11-13(23(25)26)5-7-17(14)22-8-2-1-3-9-22/h4-7,10-11H,1-3,8-9H2,(H,21,24). The van der Waals surface area contributed by atoms with Gasteiger partial charge in [0.15, 0.2) is 11.6 Å². The van der Waals surface area contributed by atoms with Gasteiger partial charge in [-0.1, -0.05) is 0 Å².